The van der Waals surface area contributed by atoms with Gasteiger partial charge in [-0.05, 0) is 188 Å². The quantitative estimate of drug-likeness (QED) is 0.0251. The Labute approximate surface area is 802 Å². The number of aliphatic hydroxyl groups is 8. The molecule has 0 saturated carbocycles. The van der Waals surface area contributed by atoms with Crippen LogP contribution in [0.5, 0.6) is 0 Å². The minimum atomic E-state index is -1.14. The minimum absolute atomic E-state index is 0.0705. The molecule has 0 aromatic heterocycles. The Balaban J connectivity index is 0.000000881. The number of piperazine rings is 4. The summed E-state index contributed by atoms with van der Waals surface area (Å²) in [6.45, 7) is 28.7. The van der Waals surface area contributed by atoms with E-state index in [0.717, 1.165) is 128 Å². The van der Waals surface area contributed by atoms with Gasteiger partial charge in [-0.15, -0.1) is 0 Å². The van der Waals surface area contributed by atoms with Crippen molar-refractivity contribution < 1.29 is 89.1 Å². The first-order valence-electron chi connectivity index (χ1n) is 52.6. The van der Waals surface area contributed by atoms with E-state index in [-0.39, 0.29) is 65.6 Å². The highest BCUT2D eigenvalue weighted by atomic mass is 32.2. The number of amides is 8. The number of rotatable bonds is 78. The molecule has 8 amide bonds. The molecule has 4 aliphatic heterocycles. The van der Waals surface area contributed by atoms with Gasteiger partial charge in [-0.1, -0.05) is 247 Å². The van der Waals surface area contributed by atoms with Crippen LogP contribution in [0.1, 0.15) is 397 Å². The number of carboxylic acids is 1. The van der Waals surface area contributed by atoms with E-state index in [9.17, 15) is 84.0 Å². The van der Waals surface area contributed by atoms with Crippen molar-refractivity contribution in [2.75, 3.05) is 90.5 Å². The maximum Gasteiger partial charge on any atom is 0.305 e. The molecule has 4 rings (SSSR count). The Morgan fingerprint density at radius 2 is 0.515 bits per heavy atom. The molecule has 30 nitrogen and oxygen atoms in total. The number of carbonyl (C=O) groups is 9. The van der Waals surface area contributed by atoms with E-state index in [4.69, 9.17) is 5.11 Å². The molecule has 4 saturated heterocycles. The summed E-state index contributed by atoms with van der Waals surface area (Å²) >= 11 is 1.66. The number of carbonyl (C=O) groups excluding carboxylic acids is 8. The lowest BCUT2D eigenvalue weighted by Gasteiger charge is -2.32. The Hall–Kier alpha value is -4.90. The van der Waals surface area contributed by atoms with Gasteiger partial charge in [0.15, 0.2) is 0 Å². The number of hydrogen-bond acceptors (Lipinski definition) is 22. The highest BCUT2D eigenvalue weighted by molar-refractivity contribution is 7.98. The van der Waals surface area contributed by atoms with Crippen molar-refractivity contribution in [2.45, 2.75) is 494 Å². The van der Waals surface area contributed by atoms with Gasteiger partial charge in [0.05, 0.1) is 55.3 Å². The van der Waals surface area contributed by atoms with Gasteiger partial charge in [0, 0.05) is 52.4 Å². The lowest BCUT2D eigenvalue weighted by Crippen LogP contribution is -2.63. The first-order valence-corrected chi connectivity index (χ1v) is 54.0. The molecule has 132 heavy (non-hydrogen) atoms. The normalized spacial score (nSPS) is 20.6. The summed E-state index contributed by atoms with van der Waals surface area (Å²) in [6.07, 6.45) is 50.6. The Morgan fingerprint density at radius 1 is 0.288 bits per heavy atom. The van der Waals surface area contributed by atoms with E-state index in [2.05, 4.69) is 89.8 Å². The van der Waals surface area contributed by atoms with Gasteiger partial charge in [-0.3, -0.25) is 62.8 Å². The molecule has 0 aromatic rings. The van der Waals surface area contributed by atoms with Gasteiger partial charge < -0.3 is 88.5 Å². The summed E-state index contributed by atoms with van der Waals surface area (Å²) in [5, 5.41) is 112. The fraction of sp³-hybridized carbons (Fsp3) is 0.911. The number of unbranched alkanes of at least 4 members (excludes halogenated alkanes) is 32. The third-order valence-electron chi connectivity index (χ3n) is 25.2. The van der Waals surface area contributed by atoms with E-state index in [1.807, 2.05) is 20.1 Å². The number of hydrogen-bond donors (Lipinski definition) is 17. The van der Waals surface area contributed by atoms with Crippen LogP contribution in [0.15, 0.2) is 0 Å². The molecule has 774 valence electrons. The van der Waals surface area contributed by atoms with Crippen LogP contribution in [-0.2, 0) is 43.2 Å². The van der Waals surface area contributed by atoms with Crippen molar-refractivity contribution in [3.05, 3.63) is 0 Å². The van der Waals surface area contributed by atoms with Gasteiger partial charge in [0.2, 0.25) is 47.3 Å². The maximum atomic E-state index is 12.3. The largest absolute Gasteiger partial charge is 0.481 e. The van der Waals surface area contributed by atoms with Gasteiger partial charge in [0.1, 0.15) is 48.3 Å². The molecule has 4 heterocycles. The maximum absolute atomic E-state index is 12.3. The van der Waals surface area contributed by atoms with Crippen LogP contribution in [0.25, 0.3) is 0 Å². The molecule has 4 aliphatic rings. The van der Waals surface area contributed by atoms with Gasteiger partial charge in [-0.25, -0.2) is 0 Å². The average molecular weight is 1900 g/mol. The summed E-state index contributed by atoms with van der Waals surface area (Å²) in [6, 6.07) is -4.39. The zero-order chi connectivity index (χ0) is 98.2. The monoisotopic (exact) mass is 1900 g/mol. The SMILES string of the molecule is CCCCCCCCCCC(O)CN(CCCCC1NC(=O)C(C(C)C)NC1=O)CC(C)O.CCCCCCCCCCC(O)CN(CCCCC1NC(=O)C(C)NC1=O)CC(C)O.CCCCCCCCCCC(O)CN(CCCCC1NC(=O)C(CC(=O)O)NC1=O)CC(C)O.CCCCCCCCCCC(O)CN(CCCCC1NC(=O)C(CCSC)NC1=O)CC(C)O. The highest BCUT2D eigenvalue weighted by Gasteiger charge is 2.38. The first-order chi connectivity index (χ1) is 63.2. The number of aliphatic hydroxyl groups excluding tert-OH is 8. The molecule has 0 aromatic carbocycles. The van der Waals surface area contributed by atoms with Gasteiger partial charge in [0.25, 0.3) is 0 Å². The number of nitrogens with zero attached hydrogens (tertiary/aromatic N) is 4. The van der Waals surface area contributed by atoms with Crippen molar-refractivity contribution in [1.82, 2.24) is 62.1 Å². The Bertz CT molecular complexity index is 2950. The molecule has 4 fully saturated rings. The van der Waals surface area contributed by atoms with Crippen LogP contribution in [0.4, 0.5) is 0 Å². The molecule has 0 aliphatic carbocycles. The van der Waals surface area contributed by atoms with Gasteiger partial charge in [-0.2, -0.15) is 11.8 Å². The van der Waals surface area contributed by atoms with Crippen molar-refractivity contribution in [3.8, 4) is 0 Å². The molecule has 16 atom stereocenters. The molecule has 0 radical (unpaired) electrons. The number of carboxylic acid groups (broad SMARTS) is 1. The van der Waals surface area contributed by atoms with Crippen LogP contribution in [-0.4, -0.2) is 306 Å². The van der Waals surface area contributed by atoms with Crippen LogP contribution in [0, 0.1) is 5.92 Å². The fourth-order valence-corrected chi connectivity index (χ4v) is 18.1. The van der Waals surface area contributed by atoms with E-state index in [0.29, 0.717) is 97.4 Å². The lowest BCUT2D eigenvalue weighted by atomic mass is 9.98. The summed E-state index contributed by atoms with van der Waals surface area (Å²) < 4.78 is 0. The molecule has 0 spiro atoms. The predicted molar refractivity (Wildman–Crippen MR) is 532 cm³/mol. The zero-order valence-electron chi connectivity index (χ0n) is 84.8. The fourth-order valence-electron chi connectivity index (χ4n) is 17.7. The molecule has 31 heteroatoms. The number of thioether (sulfide) groups is 1. The van der Waals surface area contributed by atoms with E-state index in [1.165, 1.54) is 173 Å². The van der Waals surface area contributed by atoms with E-state index >= 15 is 0 Å². The standard InChI is InChI=1S/C26H51N3O4S.C26H51N3O4.C25H47N3O6.C24H47N3O4/c1-4-5-6-7-8-9-10-11-14-22(31)20-29(19-21(2)30)17-13-12-15-23-25(32)28-24(16-18-34-3)26(33)27-23;1-5-6-7-8-9-10-11-12-15-22(31)19-29(18-21(4)30)17-14-13-16-23-25(32)28-24(20(2)3)26(33)27-23;1-3-4-5-6-7-8-9-10-13-20(30)18-28(17-19(2)29)15-12-11-14-21-24(33)27-22(16-23(31)32)25(34)26-21;1-4-5-6-7-8-9-10-11-14-21(29)18-27(17-19(2)28)16-13-12-15-22-24(31)25-20(3)23(30)26-22/h21-24,30-31H,4-20H2,1-3H3,(H,27,33)(H,28,32);20-24,30-31H,5-19H2,1-4H3,(H,27,33)(H,28,32);19-22,29-30H,3-18H2,1-2H3,(H,26,34)(H,27,33)(H,31,32);19-22,28-29H,4-18H2,1-3H3,(H,25,31)(H,26,30). The van der Waals surface area contributed by atoms with Crippen LogP contribution >= 0.6 is 11.8 Å². The summed E-state index contributed by atoms with van der Waals surface area (Å²) in [7, 11) is 0. The Kier molecular flexibility index (Phi) is 75.8. The molecule has 0 bridgehead atoms. The minimum Gasteiger partial charge on any atom is -0.481 e. The Morgan fingerprint density at radius 3 is 0.773 bits per heavy atom. The third kappa shape index (κ3) is 65.8. The summed E-state index contributed by atoms with van der Waals surface area (Å²) in [5.74, 6) is -1.68. The second kappa shape index (κ2) is 80.0. The first kappa shape index (κ1) is 125. The highest BCUT2D eigenvalue weighted by Crippen LogP contribution is 2.21. The second-order valence-electron chi connectivity index (χ2n) is 39.3. The molecule has 17 N–H and O–H groups in total. The predicted octanol–water partition coefficient (Wildman–Crippen LogP) is 11.8. The number of nitrogens with one attached hydrogen (secondary N) is 8. The van der Waals surface area contributed by atoms with Crippen molar-refractivity contribution in [1.29, 1.82) is 0 Å². The zero-order valence-corrected chi connectivity index (χ0v) is 85.6. The summed E-state index contributed by atoms with van der Waals surface area (Å²) in [5.41, 5.74) is 0. The van der Waals surface area contributed by atoms with Crippen molar-refractivity contribution in [3.63, 3.8) is 0 Å². The smallest absolute Gasteiger partial charge is 0.305 e. The molecular formula is C101H196N12O18S. The van der Waals surface area contributed by atoms with Gasteiger partial charge >= 0.3 is 5.97 Å². The van der Waals surface area contributed by atoms with Crippen LogP contribution < -0.4 is 42.5 Å². The molecule has 16 unspecified atom stereocenters. The van der Waals surface area contributed by atoms with E-state index in [1.54, 1.807) is 46.4 Å². The second-order valence-corrected chi connectivity index (χ2v) is 40.3. The van der Waals surface area contributed by atoms with Crippen LogP contribution in [0.2, 0.25) is 0 Å². The van der Waals surface area contributed by atoms with Crippen LogP contribution in [0.3, 0.4) is 0 Å². The number of aliphatic carboxylic acids is 1. The average Bonchev–Trinajstić information content (AvgIpc) is 0.845. The summed E-state index contributed by atoms with van der Waals surface area (Å²) in [4.78, 5) is 116. The van der Waals surface area contributed by atoms with Crippen molar-refractivity contribution >= 4 is 65.0 Å². The lowest BCUT2D eigenvalue weighted by molar-refractivity contribution is -0.143. The molecular weight excluding hydrogens is 1700 g/mol. The van der Waals surface area contributed by atoms with E-state index < -0.39 is 97.2 Å². The van der Waals surface area contributed by atoms with Crippen molar-refractivity contribution in [2.24, 2.45) is 5.92 Å². The topological polar surface area (TPSA) is 445 Å². The third-order valence-corrected chi connectivity index (χ3v) is 25.8.